The molecule has 0 saturated heterocycles. The summed E-state index contributed by atoms with van der Waals surface area (Å²) >= 11 is 1.70. The van der Waals surface area contributed by atoms with Crippen molar-refractivity contribution in [2.24, 2.45) is 5.73 Å². The first-order valence-electron chi connectivity index (χ1n) is 12.0. The molecule has 1 fully saturated rings. The number of nitrogens with two attached hydrogens (primary N) is 1. The minimum absolute atomic E-state index is 0.0949. The maximum atomic E-state index is 12.1. The molecule has 2 amide bonds. The number of thiazole rings is 1. The lowest BCUT2D eigenvalue weighted by Crippen LogP contribution is -2.28. The number of carbonyl (C=O) groups excluding carboxylic acids is 2. The lowest BCUT2D eigenvalue weighted by molar-refractivity contribution is 0.0787. The van der Waals surface area contributed by atoms with Gasteiger partial charge in [0, 0.05) is 49.2 Å². The summed E-state index contributed by atoms with van der Waals surface area (Å²) in [5.41, 5.74) is 7.94. The predicted octanol–water partition coefficient (Wildman–Crippen LogP) is 4.89. The summed E-state index contributed by atoms with van der Waals surface area (Å²) in [6.07, 6.45) is 3.92. The minimum atomic E-state index is -0.702. The van der Waals surface area contributed by atoms with Crippen LogP contribution in [0, 0.1) is 0 Å². The van der Waals surface area contributed by atoms with E-state index in [-0.39, 0.29) is 12.2 Å². The van der Waals surface area contributed by atoms with Crippen LogP contribution in [0.3, 0.4) is 0 Å². The van der Waals surface area contributed by atoms with Crippen molar-refractivity contribution in [2.75, 3.05) is 44.4 Å². The molecule has 1 heterocycles. The Bertz CT molecular complexity index is 1000. The molecule has 0 spiro atoms. The molecule has 0 unspecified atom stereocenters. The first-order valence-corrected chi connectivity index (χ1v) is 12.8. The molecular weight excluding hydrogens is 466 g/mol. The van der Waals surface area contributed by atoms with Crippen molar-refractivity contribution in [3.8, 4) is 10.4 Å². The van der Waals surface area contributed by atoms with Crippen LogP contribution in [0.25, 0.3) is 10.4 Å². The summed E-state index contributed by atoms with van der Waals surface area (Å²) in [7, 11) is 6.15. The predicted molar refractivity (Wildman–Crippen MR) is 140 cm³/mol. The van der Waals surface area contributed by atoms with Gasteiger partial charge in [0.2, 0.25) is 0 Å². The number of rotatable bonds is 9. The number of hydrogen-bond acceptors (Lipinski definition) is 8. The Morgan fingerprint density at radius 1 is 1.17 bits per heavy atom. The zero-order chi connectivity index (χ0) is 25.5. The second-order valence-electron chi connectivity index (χ2n) is 9.51. The molecule has 1 aliphatic rings. The van der Waals surface area contributed by atoms with Gasteiger partial charge in [-0.15, -0.1) is 11.3 Å². The number of benzene rings is 1. The summed E-state index contributed by atoms with van der Waals surface area (Å²) in [4.78, 5) is 33.3. The van der Waals surface area contributed by atoms with Crippen molar-refractivity contribution in [1.29, 1.82) is 0 Å². The van der Waals surface area contributed by atoms with E-state index in [1.165, 1.54) is 0 Å². The molecule has 0 atom stereocenters. The van der Waals surface area contributed by atoms with E-state index in [0.717, 1.165) is 59.9 Å². The Labute approximate surface area is 211 Å². The molecule has 1 aromatic carbocycles. The molecule has 3 N–H and O–H groups in total. The van der Waals surface area contributed by atoms with E-state index in [2.05, 4.69) is 22.2 Å². The monoisotopic (exact) mass is 503 g/mol. The quantitative estimate of drug-likeness (QED) is 0.501. The van der Waals surface area contributed by atoms with E-state index in [4.69, 9.17) is 20.2 Å². The third-order valence-corrected chi connectivity index (χ3v) is 7.17. The van der Waals surface area contributed by atoms with Gasteiger partial charge in [-0.1, -0.05) is 0 Å². The van der Waals surface area contributed by atoms with Gasteiger partial charge in [-0.3, -0.25) is 5.32 Å². The van der Waals surface area contributed by atoms with Gasteiger partial charge in [0.05, 0.1) is 16.0 Å². The zero-order valence-corrected chi connectivity index (χ0v) is 22.1. The van der Waals surface area contributed by atoms with Gasteiger partial charge in [0.25, 0.3) is 0 Å². The lowest BCUT2D eigenvalue weighted by Gasteiger charge is -2.26. The van der Waals surface area contributed by atoms with Gasteiger partial charge in [-0.25, -0.2) is 14.6 Å². The van der Waals surface area contributed by atoms with Gasteiger partial charge in [0.15, 0.2) is 0 Å². The van der Waals surface area contributed by atoms with Crippen LogP contribution in [0.15, 0.2) is 24.4 Å². The number of aromatic nitrogens is 1. The second kappa shape index (κ2) is 12.2. The number of ether oxygens (including phenoxy) is 2. The highest BCUT2D eigenvalue weighted by molar-refractivity contribution is 7.15. The van der Waals surface area contributed by atoms with Crippen LogP contribution in [-0.2, 0) is 9.47 Å². The molecule has 1 aliphatic carbocycles. The van der Waals surface area contributed by atoms with Crippen molar-refractivity contribution >= 4 is 34.9 Å². The summed E-state index contributed by atoms with van der Waals surface area (Å²) in [5.74, 6) is 0.350. The van der Waals surface area contributed by atoms with Gasteiger partial charge in [-0.05, 0) is 71.8 Å². The fourth-order valence-corrected chi connectivity index (χ4v) is 5.28. The molecule has 1 aromatic heterocycles. The third kappa shape index (κ3) is 7.83. The van der Waals surface area contributed by atoms with E-state index >= 15 is 0 Å². The van der Waals surface area contributed by atoms with Crippen LogP contribution < -0.4 is 16.0 Å². The van der Waals surface area contributed by atoms with E-state index in [9.17, 15) is 9.59 Å². The summed E-state index contributed by atoms with van der Waals surface area (Å²) < 4.78 is 10.4. The smallest absolute Gasteiger partial charge is 0.411 e. The molecule has 3 rings (SSSR count). The standard InChI is InChI=1S/C25H37N5O4S/c1-16(2)33-25(32)28-18-8-11-20(21(14-18)30(5)13-12-29(3)4)22-15-27-23(35-22)17-6-9-19(10-7-17)34-24(26)31/h8,11,14-17,19H,6-7,9-10,12-13H2,1-5H3,(H2,26,31)(H,28,32). The second-order valence-corrected chi connectivity index (χ2v) is 10.6. The van der Waals surface area contributed by atoms with Crippen molar-refractivity contribution in [1.82, 2.24) is 9.88 Å². The summed E-state index contributed by atoms with van der Waals surface area (Å²) in [6.45, 7) is 5.37. The molecule has 192 valence electrons. The molecule has 1 saturated carbocycles. The molecule has 0 radical (unpaired) electrons. The normalized spacial score (nSPS) is 17.9. The fourth-order valence-electron chi connectivity index (χ4n) is 4.16. The molecular formula is C25H37N5O4S. The van der Waals surface area contributed by atoms with Crippen LogP contribution in [0.2, 0.25) is 0 Å². The SMILES string of the molecule is CC(C)OC(=O)Nc1ccc(-c2cnc(C3CCC(OC(N)=O)CC3)s2)c(N(C)CCN(C)C)c1. The van der Waals surface area contributed by atoms with Crippen molar-refractivity contribution < 1.29 is 19.1 Å². The summed E-state index contributed by atoms with van der Waals surface area (Å²) in [5, 5.41) is 3.93. The molecule has 0 aliphatic heterocycles. The highest BCUT2D eigenvalue weighted by atomic mass is 32.1. The average molecular weight is 504 g/mol. The van der Waals surface area contributed by atoms with Gasteiger partial charge >= 0.3 is 12.2 Å². The van der Waals surface area contributed by atoms with Gasteiger partial charge in [0.1, 0.15) is 6.10 Å². The Kier molecular flexibility index (Phi) is 9.33. The highest BCUT2D eigenvalue weighted by Crippen LogP contribution is 2.41. The van der Waals surface area contributed by atoms with E-state index in [1.54, 1.807) is 11.3 Å². The maximum absolute atomic E-state index is 12.1. The first kappa shape index (κ1) is 26.7. The minimum Gasteiger partial charge on any atom is -0.447 e. The molecule has 10 heteroatoms. The molecule has 0 bridgehead atoms. The zero-order valence-electron chi connectivity index (χ0n) is 21.2. The van der Waals surface area contributed by atoms with Crippen LogP contribution in [0.5, 0.6) is 0 Å². The van der Waals surface area contributed by atoms with Crippen LogP contribution >= 0.6 is 11.3 Å². The van der Waals surface area contributed by atoms with Crippen LogP contribution in [0.4, 0.5) is 21.0 Å². The van der Waals surface area contributed by atoms with Crippen molar-refractivity contribution in [2.45, 2.75) is 57.7 Å². The topological polar surface area (TPSA) is 110 Å². The molecule has 35 heavy (non-hydrogen) atoms. The number of carbonyl (C=O) groups is 2. The van der Waals surface area contributed by atoms with Gasteiger partial charge in [-0.2, -0.15) is 0 Å². The van der Waals surface area contributed by atoms with Crippen LogP contribution in [-0.4, -0.2) is 68.5 Å². The largest absolute Gasteiger partial charge is 0.447 e. The Morgan fingerprint density at radius 2 is 1.89 bits per heavy atom. The third-order valence-electron chi connectivity index (χ3n) is 5.98. The number of hydrogen-bond donors (Lipinski definition) is 2. The van der Waals surface area contributed by atoms with Gasteiger partial charge < -0.3 is 25.0 Å². The van der Waals surface area contributed by atoms with E-state index in [0.29, 0.717) is 11.6 Å². The highest BCUT2D eigenvalue weighted by Gasteiger charge is 2.27. The maximum Gasteiger partial charge on any atom is 0.411 e. The first-order chi connectivity index (χ1) is 16.6. The number of anilines is 2. The number of likely N-dealkylation sites (N-methyl/N-ethyl adjacent to an activating group) is 2. The van der Waals surface area contributed by atoms with Crippen LogP contribution in [0.1, 0.15) is 50.5 Å². The average Bonchev–Trinajstić information content (AvgIpc) is 3.27. The Morgan fingerprint density at radius 3 is 2.51 bits per heavy atom. The fraction of sp³-hybridized carbons (Fsp3) is 0.560. The van der Waals surface area contributed by atoms with Crippen molar-refractivity contribution in [3.63, 3.8) is 0 Å². The number of nitrogens with one attached hydrogen (secondary N) is 1. The Balaban J connectivity index is 1.80. The Hall–Kier alpha value is -2.85. The van der Waals surface area contributed by atoms with Crippen molar-refractivity contribution in [3.05, 3.63) is 29.4 Å². The summed E-state index contributed by atoms with van der Waals surface area (Å²) in [6, 6.07) is 5.91. The molecule has 2 aromatic rings. The van der Waals surface area contributed by atoms with E-state index < -0.39 is 12.2 Å². The number of amides is 2. The molecule has 9 nitrogen and oxygen atoms in total. The number of nitrogens with zero attached hydrogens (tertiary/aromatic N) is 3. The lowest BCUT2D eigenvalue weighted by atomic mass is 9.88. The van der Waals surface area contributed by atoms with E-state index in [1.807, 2.05) is 52.3 Å². The number of primary amides is 1.